The molecule has 0 radical (unpaired) electrons. The number of aliphatic hydroxyl groups excluding tert-OH is 2. The van der Waals surface area contributed by atoms with Crippen molar-refractivity contribution in [2.45, 2.75) is 38.7 Å². The van der Waals surface area contributed by atoms with Gasteiger partial charge in [0.1, 0.15) is 10.7 Å². The van der Waals surface area contributed by atoms with Crippen LogP contribution in [0.5, 0.6) is 0 Å². The molecule has 2 atom stereocenters. The molecule has 0 unspecified atom stereocenters. The lowest BCUT2D eigenvalue weighted by atomic mass is 10.1. The van der Waals surface area contributed by atoms with Crippen LogP contribution in [0.4, 0.5) is 24.8 Å². The lowest BCUT2D eigenvalue weighted by Gasteiger charge is -2.17. The average molecular weight is 453 g/mol. The number of aliphatic hydroxyl groups is 2. The van der Waals surface area contributed by atoms with E-state index in [-0.39, 0.29) is 12.6 Å². The molecule has 166 valence electrons. The van der Waals surface area contributed by atoms with Gasteiger partial charge in [0.25, 0.3) is 0 Å². The Morgan fingerprint density at radius 3 is 2.65 bits per heavy atom. The van der Waals surface area contributed by atoms with E-state index in [9.17, 15) is 23.4 Å². The Morgan fingerprint density at radius 2 is 1.97 bits per heavy atom. The van der Waals surface area contributed by atoms with Crippen LogP contribution in [0.2, 0.25) is 0 Å². The molecule has 0 spiro atoms. The first-order valence-electron chi connectivity index (χ1n) is 9.42. The van der Waals surface area contributed by atoms with E-state index >= 15 is 0 Å². The summed E-state index contributed by atoms with van der Waals surface area (Å²) < 4.78 is 38.6. The lowest BCUT2D eigenvalue weighted by molar-refractivity contribution is -0.141. The van der Waals surface area contributed by atoms with E-state index in [1.807, 2.05) is 13.0 Å². The fourth-order valence-electron chi connectivity index (χ4n) is 2.83. The number of aromatic nitrogens is 3. The second-order valence-electron chi connectivity index (χ2n) is 7.00. The standard InChI is InChI=1S/C20H22F3N5O2S/c1-11-5-13(16-8-26-18(31-16)9-25-15(10-29)12(2)30)7-14(6-11)27-19-24-4-3-17(28-19)20(21,22)23/h3-8,12,15,25,29-30H,9-10H2,1-2H3,(H,24,27,28)/t12-,15-/m1/s1. The van der Waals surface area contributed by atoms with Crippen molar-refractivity contribution in [3.63, 3.8) is 0 Å². The minimum Gasteiger partial charge on any atom is -0.395 e. The summed E-state index contributed by atoms with van der Waals surface area (Å²) in [5.74, 6) is -0.145. The molecule has 0 bridgehead atoms. The Kier molecular flexibility index (Phi) is 7.21. The SMILES string of the molecule is Cc1cc(Nc2nccc(C(F)(F)F)n2)cc(-c2cnc(CN[C@H](CO)[C@@H](C)O)s2)c1. The van der Waals surface area contributed by atoms with Crippen LogP contribution in [0.3, 0.4) is 0 Å². The fourth-order valence-corrected chi connectivity index (χ4v) is 3.69. The molecule has 0 saturated carbocycles. The Bertz CT molecular complexity index is 1030. The predicted octanol–water partition coefficient (Wildman–Crippen LogP) is 3.50. The van der Waals surface area contributed by atoms with Crippen molar-refractivity contribution >= 4 is 23.0 Å². The molecule has 3 aromatic rings. The summed E-state index contributed by atoms with van der Waals surface area (Å²) >= 11 is 1.44. The van der Waals surface area contributed by atoms with Gasteiger partial charge in [-0.05, 0) is 43.2 Å². The highest BCUT2D eigenvalue weighted by Crippen LogP contribution is 2.31. The van der Waals surface area contributed by atoms with Crippen molar-refractivity contribution in [3.05, 3.63) is 52.9 Å². The van der Waals surface area contributed by atoms with E-state index in [1.165, 1.54) is 11.3 Å². The van der Waals surface area contributed by atoms with Gasteiger partial charge in [-0.25, -0.2) is 15.0 Å². The molecular formula is C20H22F3N5O2S. The van der Waals surface area contributed by atoms with Crippen LogP contribution < -0.4 is 10.6 Å². The van der Waals surface area contributed by atoms with E-state index in [0.717, 1.165) is 33.3 Å². The summed E-state index contributed by atoms with van der Waals surface area (Å²) in [4.78, 5) is 12.6. The molecule has 0 aliphatic carbocycles. The molecule has 0 amide bonds. The van der Waals surface area contributed by atoms with Gasteiger partial charge in [-0.2, -0.15) is 13.2 Å². The number of nitrogens with one attached hydrogen (secondary N) is 2. The third-order valence-corrected chi connectivity index (χ3v) is 5.46. The molecule has 0 aliphatic rings. The number of aryl methyl sites for hydroxylation is 1. The zero-order chi connectivity index (χ0) is 22.6. The maximum atomic E-state index is 12.9. The summed E-state index contributed by atoms with van der Waals surface area (Å²) in [6.45, 7) is 3.66. The highest BCUT2D eigenvalue weighted by atomic mass is 32.1. The minimum absolute atomic E-state index is 0.145. The summed E-state index contributed by atoms with van der Waals surface area (Å²) in [7, 11) is 0. The van der Waals surface area contributed by atoms with Crippen molar-refractivity contribution in [2.75, 3.05) is 11.9 Å². The van der Waals surface area contributed by atoms with E-state index in [1.54, 1.807) is 25.3 Å². The second-order valence-corrected chi connectivity index (χ2v) is 8.12. The zero-order valence-corrected chi connectivity index (χ0v) is 17.6. The Balaban J connectivity index is 1.77. The van der Waals surface area contributed by atoms with E-state index < -0.39 is 24.0 Å². The van der Waals surface area contributed by atoms with Crippen LogP contribution in [0, 0.1) is 6.92 Å². The normalized spacial score (nSPS) is 13.8. The van der Waals surface area contributed by atoms with Gasteiger partial charge in [0.05, 0.1) is 23.6 Å². The van der Waals surface area contributed by atoms with Gasteiger partial charge in [0.15, 0.2) is 0 Å². The van der Waals surface area contributed by atoms with Crippen molar-refractivity contribution in [3.8, 4) is 10.4 Å². The first-order valence-corrected chi connectivity index (χ1v) is 10.2. The van der Waals surface area contributed by atoms with Crippen LogP contribution in [-0.4, -0.2) is 43.9 Å². The molecule has 31 heavy (non-hydrogen) atoms. The number of hydrogen-bond acceptors (Lipinski definition) is 8. The van der Waals surface area contributed by atoms with Crippen LogP contribution in [0.25, 0.3) is 10.4 Å². The summed E-state index contributed by atoms with van der Waals surface area (Å²) in [6.07, 6.45) is -2.48. The molecular weight excluding hydrogens is 431 g/mol. The van der Waals surface area contributed by atoms with Crippen LogP contribution in [-0.2, 0) is 12.7 Å². The number of thiazole rings is 1. The highest BCUT2D eigenvalue weighted by Gasteiger charge is 2.32. The molecule has 7 nitrogen and oxygen atoms in total. The van der Waals surface area contributed by atoms with Gasteiger partial charge in [0, 0.05) is 24.6 Å². The smallest absolute Gasteiger partial charge is 0.395 e. The Hall–Kier alpha value is -2.60. The summed E-state index contributed by atoms with van der Waals surface area (Å²) in [5, 5.41) is 25.5. The fraction of sp³-hybridized carbons (Fsp3) is 0.350. The first kappa shape index (κ1) is 23.1. The van der Waals surface area contributed by atoms with Crippen molar-refractivity contribution in [1.82, 2.24) is 20.3 Å². The van der Waals surface area contributed by atoms with Gasteiger partial charge < -0.3 is 20.8 Å². The maximum absolute atomic E-state index is 12.9. The Labute approximate surface area is 181 Å². The molecule has 0 aliphatic heterocycles. The van der Waals surface area contributed by atoms with E-state index in [2.05, 4.69) is 25.6 Å². The molecule has 0 saturated heterocycles. The van der Waals surface area contributed by atoms with Crippen molar-refractivity contribution < 1.29 is 23.4 Å². The lowest BCUT2D eigenvalue weighted by Crippen LogP contribution is -2.40. The zero-order valence-electron chi connectivity index (χ0n) is 16.8. The van der Waals surface area contributed by atoms with Crippen LogP contribution >= 0.6 is 11.3 Å². The van der Waals surface area contributed by atoms with Crippen LogP contribution in [0.15, 0.2) is 36.7 Å². The summed E-state index contributed by atoms with van der Waals surface area (Å²) in [5.41, 5.74) is 1.27. The number of anilines is 2. The maximum Gasteiger partial charge on any atom is 0.433 e. The number of nitrogens with zero attached hydrogens (tertiary/aromatic N) is 3. The monoisotopic (exact) mass is 453 g/mol. The summed E-state index contributed by atoms with van der Waals surface area (Å²) in [6, 6.07) is 5.88. The van der Waals surface area contributed by atoms with Gasteiger partial charge in [-0.3, -0.25) is 0 Å². The minimum atomic E-state index is -4.55. The van der Waals surface area contributed by atoms with Gasteiger partial charge >= 0.3 is 6.18 Å². The number of benzene rings is 1. The molecule has 2 heterocycles. The molecule has 4 N–H and O–H groups in total. The number of alkyl halides is 3. The number of rotatable bonds is 8. The van der Waals surface area contributed by atoms with E-state index in [4.69, 9.17) is 0 Å². The third kappa shape index (κ3) is 6.20. The molecule has 0 fully saturated rings. The molecule has 1 aromatic carbocycles. The average Bonchev–Trinajstić information content (AvgIpc) is 3.16. The Morgan fingerprint density at radius 1 is 1.19 bits per heavy atom. The quantitative estimate of drug-likeness (QED) is 0.414. The van der Waals surface area contributed by atoms with Crippen molar-refractivity contribution in [2.24, 2.45) is 0 Å². The van der Waals surface area contributed by atoms with Gasteiger partial charge in [-0.15, -0.1) is 11.3 Å². The van der Waals surface area contributed by atoms with Gasteiger partial charge in [0.2, 0.25) is 5.95 Å². The number of hydrogen-bond donors (Lipinski definition) is 4. The largest absolute Gasteiger partial charge is 0.433 e. The predicted molar refractivity (Wildman–Crippen MR) is 112 cm³/mol. The number of halogens is 3. The van der Waals surface area contributed by atoms with Gasteiger partial charge in [-0.1, -0.05) is 6.07 Å². The second kappa shape index (κ2) is 9.69. The van der Waals surface area contributed by atoms with Crippen molar-refractivity contribution in [1.29, 1.82) is 0 Å². The topological polar surface area (TPSA) is 103 Å². The van der Waals surface area contributed by atoms with Crippen LogP contribution in [0.1, 0.15) is 23.2 Å². The molecule has 2 aromatic heterocycles. The molecule has 3 rings (SSSR count). The first-order chi connectivity index (χ1) is 14.7. The highest BCUT2D eigenvalue weighted by molar-refractivity contribution is 7.15. The van der Waals surface area contributed by atoms with E-state index in [0.29, 0.717) is 12.2 Å². The third-order valence-electron chi connectivity index (χ3n) is 4.41. The molecule has 11 heteroatoms.